The number of piperidine rings is 1. The molecule has 126 valence electrons. The van der Waals surface area contributed by atoms with Crippen LogP contribution >= 0.6 is 0 Å². The highest BCUT2D eigenvalue weighted by molar-refractivity contribution is 7.89. The van der Waals surface area contributed by atoms with Gasteiger partial charge in [0.05, 0.1) is 4.90 Å². The molecule has 2 N–H and O–H groups in total. The summed E-state index contributed by atoms with van der Waals surface area (Å²) in [5.41, 5.74) is 0.378. The lowest BCUT2D eigenvalue weighted by molar-refractivity contribution is 0.0827. The number of hydrogen-bond donors (Lipinski definition) is 2. The second-order valence-electron chi connectivity index (χ2n) is 6.65. The lowest BCUT2D eigenvalue weighted by atomic mass is 10.0. The van der Waals surface area contributed by atoms with Gasteiger partial charge in [0.1, 0.15) is 0 Å². The van der Waals surface area contributed by atoms with Crippen LogP contribution in [-0.2, 0) is 10.0 Å². The third kappa shape index (κ3) is 3.57. The van der Waals surface area contributed by atoms with E-state index in [2.05, 4.69) is 10.0 Å². The first-order valence-electron chi connectivity index (χ1n) is 7.95. The molecule has 2 unspecified atom stereocenters. The molecule has 2 heterocycles. The van der Waals surface area contributed by atoms with E-state index in [1.54, 1.807) is 26.2 Å². The Morgan fingerprint density at radius 3 is 2.48 bits per heavy atom. The summed E-state index contributed by atoms with van der Waals surface area (Å²) in [4.78, 5) is 13.6. The van der Waals surface area contributed by atoms with E-state index in [4.69, 9.17) is 0 Å². The molecule has 7 heteroatoms. The van der Waals surface area contributed by atoms with Crippen LogP contribution in [0.25, 0.3) is 0 Å². The summed E-state index contributed by atoms with van der Waals surface area (Å²) < 4.78 is 28.1. The molecule has 2 aliphatic heterocycles. The molecule has 0 saturated carbocycles. The predicted octanol–water partition coefficient (Wildman–Crippen LogP) is 0.950. The third-order valence-electron chi connectivity index (χ3n) is 4.59. The maximum atomic E-state index is 12.6. The van der Waals surface area contributed by atoms with Gasteiger partial charge < -0.3 is 10.2 Å². The predicted molar refractivity (Wildman–Crippen MR) is 87.7 cm³/mol. The standard InChI is InChI=1S/C16H23N3O3S/c1-19(2)16(20)11-4-3-5-15(8-11)23(21,22)18-14-9-12-6-7-13(10-14)17-12/h3-5,8,12-14,17-18H,6-7,9-10H2,1-2H3. The molecule has 0 spiro atoms. The van der Waals surface area contributed by atoms with Crippen molar-refractivity contribution < 1.29 is 13.2 Å². The van der Waals surface area contributed by atoms with Crippen LogP contribution in [0.15, 0.2) is 29.2 Å². The Morgan fingerprint density at radius 2 is 1.87 bits per heavy atom. The quantitative estimate of drug-likeness (QED) is 0.857. The minimum atomic E-state index is -3.61. The molecule has 0 aliphatic carbocycles. The zero-order chi connectivity index (χ0) is 16.6. The van der Waals surface area contributed by atoms with Crippen LogP contribution in [0, 0.1) is 0 Å². The number of fused-ring (bicyclic) bond motifs is 2. The van der Waals surface area contributed by atoms with Gasteiger partial charge in [-0.1, -0.05) is 6.07 Å². The Morgan fingerprint density at radius 1 is 1.22 bits per heavy atom. The Labute approximate surface area is 137 Å². The zero-order valence-electron chi connectivity index (χ0n) is 13.5. The molecule has 3 rings (SSSR count). The third-order valence-corrected chi connectivity index (χ3v) is 6.11. The number of sulfonamides is 1. The first kappa shape index (κ1) is 16.4. The Kier molecular flexibility index (Phi) is 4.44. The molecule has 2 atom stereocenters. The van der Waals surface area contributed by atoms with Crippen molar-refractivity contribution in [2.45, 2.75) is 48.7 Å². The van der Waals surface area contributed by atoms with Gasteiger partial charge in [0.25, 0.3) is 5.91 Å². The van der Waals surface area contributed by atoms with E-state index in [9.17, 15) is 13.2 Å². The van der Waals surface area contributed by atoms with Crippen LogP contribution in [0.3, 0.4) is 0 Å². The summed E-state index contributed by atoms with van der Waals surface area (Å²) >= 11 is 0. The molecule has 1 aromatic rings. The molecule has 0 aromatic heterocycles. The Hall–Kier alpha value is -1.44. The molecule has 2 fully saturated rings. The normalized spacial score (nSPS) is 27.0. The summed E-state index contributed by atoms with van der Waals surface area (Å²) in [6.45, 7) is 0. The lowest BCUT2D eigenvalue weighted by Crippen LogP contribution is -2.47. The number of amides is 1. The Balaban J connectivity index is 1.77. The summed E-state index contributed by atoms with van der Waals surface area (Å²) in [6, 6.07) is 7.02. The molecule has 2 bridgehead atoms. The van der Waals surface area contributed by atoms with Crippen LogP contribution in [0.1, 0.15) is 36.0 Å². The minimum absolute atomic E-state index is 0.0352. The fourth-order valence-electron chi connectivity index (χ4n) is 3.50. The monoisotopic (exact) mass is 337 g/mol. The lowest BCUT2D eigenvalue weighted by Gasteiger charge is -2.29. The molecule has 1 amide bonds. The molecule has 6 nitrogen and oxygen atoms in total. The molecule has 0 radical (unpaired) electrons. The van der Waals surface area contributed by atoms with E-state index < -0.39 is 10.0 Å². The van der Waals surface area contributed by atoms with Crippen molar-refractivity contribution in [2.24, 2.45) is 0 Å². The van der Waals surface area contributed by atoms with Crippen molar-refractivity contribution in [1.29, 1.82) is 0 Å². The van der Waals surface area contributed by atoms with Gasteiger partial charge >= 0.3 is 0 Å². The maximum absolute atomic E-state index is 12.6. The highest BCUT2D eigenvalue weighted by atomic mass is 32.2. The van der Waals surface area contributed by atoms with E-state index in [0.29, 0.717) is 17.6 Å². The van der Waals surface area contributed by atoms with E-state index in [1.807, 2.05) is 0 Å². The van der Waals surface area contributed by atoms with Gasteiger partial charge in [0.15, 0.2) is 0 Å². The van der Waals surface area contributed by atoms with Crippen LogP contribution in [-0.4, -0.2) is 51.4 Å². The van der Waals surface area contributed by atoms with Crippen LogP contribution in [0.4, 0.5) is 0 Å². The smallest absolute Gasteiger partial charge is 0.253 e. The number of rotatable bonds is 4. The molecule has 2 saturated heterocycles. The zero-order valence-corrected chi connectivity index (χ0v) is 14.3. The highest BCUT2D eigenvalue weighted by Gasteiger charge is 2.35. The van der Waals surface area contributed by atoms with E-state index in [0.717, 1.165) is 25.7 Å². The van der Waals surface area contributed by atoms with Crippen LogP contribution in [0.2, 0.25) is 0 Å². The average Bonchev–Trinajstić information content (AvgIpc) is 2.85. The van der Waals surface area contributed by atoms with Crippen LogP contribution in [0.5, 0.6) is 0 Å². The fraction of sp³-hybridized carbons (Fsp3) is 0.562. The van der Waals surface area contributed by atoms with Gasteiger partial charge in [-0.25, -0.2) is 13.1 Å². The number of nitrogens with one attached hydrogen (secondary N) is 2. The topological polar surface area (TPSA) is 78.5 Å². The SMILES string of the molecule is CN(C)C(=O)c1cccc(S(=O)(=O)NC2CC3CCC(C2)N3)c1. The molecular formula is C16H23N3O3S. The second-order valence-corrected chi connectivity index (χ2v) is 8.37. The van der Waals surface area contributed by atoms with Crippen LogP contribution < -0.4 is 10.0 Å². The minimum Gasteiger partial charge on any atom is -0.345 e. The van der Waals surface area contributed by atoms with Crippen molar-refractivity contribution in [1.82, 2.24) is 14.9 Å². The largest absolute Gasteiger partial charge is 0.345 e. The van der Waals surface area contributed by atoms with Crippen molar-refractivity contribution >= 4 is 15.9 Å². The average molecular weight is 337 g/mol. The molecule has 1 aromatic carbocycles. The van der Waals surface area contributed by atoms with Gasteiger partial charge in [-0.15, -0.1) is 0 Å². The summed E-state index contributed by atoms with van der Waals surface area (Å²) in [6.07, 6.45) is 3.89. The van der Waals surface area contributed by atoms with E-state index >= 15 is 0 Å². The van der Waals surface area contributed by atoms with Gasteiger partial charge in [-0.2, -0.15) is 0 Å². The molecule has 2 aliphatic rings. The van der Waals surface area contributed by atoms with Crippen molar-refractivity contribution in [2.75, 3.05) is 14.1 Å². The number of hydrogen-bond acceptors (Lipinski definition) is 4. The first-order valence-corrected chi connectivity index (χ1v) is 9.43. The van der Waals surface area contributed by atoms with Gasteiger partial charge in [-0.3, -0.25) is 4.79 Å². The summed E-state index contributed by atoms with van der Waals surface area (Å²) in [7, 11) is -0.318. The number of benzene rings is 1. The number of carbonyl (C=O) groups excluding carboxylic acids is 1. The van der Waals surface area contributed by atoms with Gasteiger partial charge in [0.2, 0.25) is 10.0 Å². The van der Waals surface area contributed by atoms with Crippen molar-refractivity contribution in [3.8, 4) is 0 Å². The van der Waals surface area contributed by atoms with Gasteiger partial charge in [-0.05, 0) is 43.9 Å². The van der Waals surface area contributed by atoms with E-state index in [-0.39, 0.29) is 16.8 Å². The summed E-state index contributed by atoms with van der Waals surface area (Å²) in [5, 5.41) is 3.50. The number of carbonyl (C=O) groups is 1. The first-order chi connectivity index (χ1) is 10.8. The van der Waals surface area contributed by atoms with Crippen molar-refractivity contribution in [3.05, 3.63) is 29.8 Å². The van der Waals surface area contributed by atoms with Crippen molar-refractivity contribution in [3.63, 3.8) is 0 Å². The van der Waals surface area contributed by atoms with Gasteiger partial charge in [0, 0.05) is 37.8 Å². The maximum Gasteiger partial charge on any atom is 0.253 e. The fourth-order valence-corrected chi connectivity index (χ4v) is 4.80. The Bertz CT molecular complexity index is 690. The summed E-state index contributed by atoms with van der Waals surface area (Å²) in [5.74, 6) is -0.207. The highest BCUT2D eigenvalue weighted by Crippen LogP contribution is 2.27. The molecule has 23 heavy (non-hydrogen) atoms. The molecular weight excluding hydrogens is 314 g/mol. The van der Waals surface area contributed by atoms with E-state index in [1.165, 1.54) is 17.0 Å². The number of nitrogens with zero attached hydrogens (tertiary/aromatic N) is 1. The second kappa shape index (κ2) is 6.22.